The van der Waals surface area contributed by atoms with E-state index in [2.05, 4.69) is 4.98 Å². The Hall–Kier alpha value is -1.69. The van der Waals surface area contributed by atoms with Gasteiger partial charge in [-0.25, -0.2) is 4.98 Å². The van der Waals surface area contributed by atoms with Crippen LogP contribution in [0.3, 0.4) is 0 Å². The average molecular weight is 320 g/mol. The molecule has 1 aliphatic carbocycles. The molecule has 3 rings (SSSR count). The van der Waals surface area contributed by atoms with Crippen molar-refractivity contribution in [2.45, 2.75) is 59.1 Å². The van der Waals surface area contributed by atoms with Gasteiger partial charge in [0, 0.05) is 4.88 Å². The molecule has 0 bridgehead atoms. The Morgan fingerprint density at radius 2 is 2.00 bits per heavy atom. The van der Waals surface area contributed by atoms with Crippen LogP contribution < -0.4 is 5.56 Å². The van der Waals surface area contributed by atoms with Gasteiger partial charge in [0.2, 0.25) is 0 Å². The summed E-state index contributed by atoms with van der Waals surface area (Å²) in [6, 6.07) is 0. The number of aromatic nitrogens is 2. The van der Waals surface area contributed by atoms with Crippen LogP contribution in [-0.4, -0.2) is 21.6 Å². The molecular weight excluding hydrogens is 300 g/mol. The summed E-state index contributed by atoms with van der Waals surface area (Å²) in [5.41, 5.74) is 0.808. The molecule has 0 aliphatic heterocycles. The summed E-state index contributed by atoms with van der Waals surface area (Å²) in [6.07, 6.45) is 4.10. The quantitative estimate of drug-likeness (QED) is 0.816. The minimum Gasteiger partial charge on any atom is -0.461 e. The molecule has 118 valence electrons. The van der Waals surface area contributed by atoms with Gasteiger partial charge in [-0.1, -0.05) is 0 Å². The molecule has 1 fully saturated rings. The predicted molar refractivity (Wildman–Crippen MR) is 86.4 cm³/mol. The van der Waals surface area contributed by atoms with Gasteiger partial charge in [0.15, 0.2) is 0 Å². The van der Waals surface area contributed by atoms with E-state index in [9.17, 15) is 9.59 Å². The Kier molecular flexibility index (Phi) is 4.04. The number of esters is 1. The second kappa shape index (κ2) is 5.83. The lowest BCUT2D eigenvalue weighted by molar-refractivity contribution is -0.149. The Morgan fingerprint density at radius 3 is 2.68 bits per heavy atom. The van der Waals surface area contributed by atoms with Crippen LogP contribution in [0.5, 0.6) is 0 Å². The monoisotopic (exact) mass is 320 g/mol. The first-order valence-electron chi connectivity index (χ1n) is 7.64. The van der Waals surface area contributed by atoms with E-state index in [1.165, 1.54) is 15.9 Å². The zero-order chi connectivity index (χ0) is 15.9. The van der Waals surface area contributed by atoms with Crippen LogP contribution in [0.25, 0.3) is 10.2 Å². The molecule has 2 aromatic heterocycles. The lowest BCUT2D eigenvalue weighted by Crippen LogP contribution is -2.29. The molecule has 2 heterocycles. The Bertz CT molecular complexity index is 785. The van der Waals surface area contributed by atoms with Crippen molar-refractivity contribution in [2.75, 3.05) is 0 Å². The third kappa shape index (κ3) is 2.67. The zero-order valence-electron chi connectivity index (χ0n) is 13.1. The highest BCUT2D eigenvalue weighted by Gasteiger charge is 2.21. The molecule has 22 heavy (non-hydrogen) atoms. The summed E-state index contributed by atoms with van der Waals surface area (Å²) in [4.78, 5) is 31.1. The smallest absolute Gasteiger partial charge is 0.326 e. The van der Waals surface area contributed by atoms with Gasteiger partial charge < -0.3 is 4.74 Å². The Balaban J connectivity index is 1.91. The predicted octanol–water partition coefficient (Wildman–Crippen LogP) is 2.87. The number of carbonyl (C=O) groups is 1. The second-order valence-corrected chi connectivity index (χ2v) is 7.11. The number of fused-ring (bicyclic) bond motifs is 1. The van der Waals surface area contributed by atoms with Gasteiger partial charge >= 0.3 is 5.97 Å². The van der Waals surface area contributed by atoms with Gasteiger partial charge in [0.25, 0.3) is 5.56 Å². The molecule has 2 aromatic rings. The topological polar surface area (TPSA) is 61.2 Å². The third-order valence-electron chi connectivity index (χ3n) is 4.37. The Morgan fingerprint density at radius 1 is 1.32 bits per heavy atom. The fraction of sp³-hybridized carbons (Fsp3) is 0.562. The highest BCUT2D eigenvalue weighted by atomic mass is 32.1. The molecule has 1 saturated carbocycles. The SMILES string of the molecule is Cc1sc2nc(C)n(CC(=O)OC3CCCC3)c(=O)c2c1C. The number of aryl methyl sites for hydroxylation is 3. The molecule has 0 N–H and O–H groups in total. The minimum atomic E-state index is -0.345. The maximum atomic E-state index is 12.7. The fourth-order valence-corrected chi connectivity index (χ4v) is 4.04. The van der Waals surface area contributed by atoms with Crippen LogP contribution in [0, 0.1) is 20.8 Å². The number of nitrogens with zero attached hydrogens (tertiary/aromatic N) is 2. The van der Waals surface area contributed by atoms with Crippen molar-refractivity contribution in [3.8, 4) is 0 Å². The van der Waals surface area contributed by atoms with Gasteiger partial charge in [0.1, 0.15) is 23.3 Å². The highest BCUT2D eigenvalue weighted by molar-refractivity contribution is 7.18. The van der Waals surface area contributed by atoms with Gasteiger partial charge in [-0.15, -0.1) is 11.3 Å². The van der Waals surface area contributed by atoms with Gasteiger partial charge in [-0.3, -0.25) is 14.2 Å². The maximum Gasteiger partial charge on any atom is 0.326 e. The van der Waals surface area contributed by atoms with Crippen molar-refractivity contribution in [1.82, 2.24) is 9.55 Å². The standard InChI is InChI=1S/C16H20N2O3S/c1-9-10(2)22-15-14(9)16(20)18(11(3)17-15)8-13(19)21-12-6-4-5-7-12/h12H,4-8H2,1-3H3. The molecule has 5 nitrogen and oxygen atoms in total. The molecule has 0 unspecified atom stereocenters. The molecule has 0 aromatic carbocycles. The minimum absolute atomic E-state index is 0.0188. The third-order valence-corrected chi connectivity index (χ3v) is 5.47. The number of rotatable bonds is 3. The maximum absolute atomic E-state index is 12.7. The van der Waals surface area contributed by atoms with Gasteiger partial charge in [-0.2, -0.15) is 0 Å². The van der Waals surface area contributed by atoms with E-state index in [-0.39, 0.29) is 24.2 Å². The van der Waals surface area contributed by atoms with Crippen molar-refractivity contribution in [1.29, 1.82) is 0 Å². The van der Waals surface area contributed by atoms with Crippen molar-refractivity contribution in [3.05, 3.63) is 26.6 Å². The summed E-state index contributed by atoms with van der Waals surface area (Å²) in [6.45, 7) is 5.61. The van der Waals surface area contributed by atoms with E-state index in [4.69, 9.17) is 4.74 Å². The van der Waals surface area contributed by atoms with Gasteiger partial charge in [0.05, 0.1) is 5.39 Å². The molecular formula is C16H20N2O3S. The number of carbonyl (C=O) groups excluding carboxylic acids is 1. The van der Waals surface area contributed by atoms with Crippen molar-refractivity contribution < 1.29 is 9.53 Å². The Labute approximate surface area is 132 Å². The van der Waals surface area contributed by atoms with Crippen LogP contribution in [-0.2, 0) is 16.1 Å². The van der Waals surface area contributed by atoms with Crippen LogP contribution in [0.2, 0.25) is 0 Å². The first kappa shape index (κ1) is 15.2. The van der Waals surface area contributed by atoms with E-state index in [0.717, 1.165) is 41.0 Å². The average Bonchev–Trinajstić information content (AvgIpc) is 3.04. The second-order valence-electron chi connectivity index (χ2n) is 5.91. The zero-order valence-corrected chi connectivity index (χ0v) is 14.0. The molecule has 0 saturated heterocycles. The van der Waals surface area contributed by atoms with E-state index >= 15 is 0 Å². The first-order chi connectivity index (χ1) is 10.5. The summed E-state index contributed by atoms with van der Waals surface area (Å²) in [5.74, 6) is 0.213. The van der Waals surface area contributed by atoms with E-state index in [1.807, 2.05) is 13.8 Å². The number of hydrogen-bond donors (Lipinski definition) is 0. The van der Waals surface area contributed by atoms with Crippen molar-refractivity contribution >= 4 is 27.5 Å². The summed E-state index contributed by atoms with van der Waals surface area (Å²) in [7, 11) is 0. The summed E-state index contributed by atoms with van der Waals surface area (Å²) >= 11 is 1.52. The van der Waals surface area contributed by atoms with Crippen molar-refractivity contribution in [3.63, 3.8) is 0 Å². The van der Waals surface area contributed by atoms with Gasteiger partial charge in [-0.05, 0) is 52.0 Å². The molecule has 1 aliphatic rings. The molecule has 0 radical (unpaired) electrons. The number of ether oxygens (including phenoxy) is 1. The van der Waals surface area contributed by atoms with Crippen LogP contribution in [0.4, 0.5) is 0 Å². The van der Waals surface area contributed by atoms with Crippen molar-refractivity contribution in [2.24, 2.45) is 0 Å². The van der Waals surface area contributed by atoms with E-state index in [1.54, 1.807) is 6.92 Å². The summed E-state index contributed by atoms with van der Waals surface area (Å²) in [5, 5.41) is 0.627. The van der Waals surface area contributed by atoms with E-state index in [0.29, 0.717) is 11.2 Å². The van der Waals surface area contributed by atoms with E-state index < -0.39 is 0 Å². The molecule has 6 heteroatoms. The number of thiophene rings is 1. The lowest BCUT2D eigenvalue weighted by Gasteiger charge is -2.13. The largest absolute Gasteiger partial charge is 0.461 e. The normalized spacial score (nSPS) is 15.6. The molecule has 0 amide bonds. The first-order valence-corrected chi connectivity index (χ1v) is 8.45. The van der Waals surface area contributed by atoms with Crippen LogP contribution >= 0.6 is 11.3 Å². The fourth-order valence-electron chi connectivity index (χ4n) is 2.97. The van der Waals surface area contributed by atoms with Crippen LogP contribution in [0.1, 0.15) is 41.9 Å². The number of hydrogen-bond acceptors (Lipinski definition) is 5. The highest BCUT2D eigenvalue weighted by Crippen LogP contribution is 2.26. The molecule has 0 spiro atoms. The molecule has 0 atom stereocenters. The lowest BCUT2D eigenvalue weighted by atomic mass is 10.2. The van der Waals surface area contributed by atoms with Crippen LogP contribution in [0.15, 0.2) is 4.79 Å². The summed E-state index contributed by atoms with van der Waals surface area (Å²) < 4.78 is 6.88.